The number of benzene rings is 1. The van der Waals surface area contributed by atoms with E-state index in [2.05, 4.69) is 51.1 Å². The van der Waals surface area contributed by atoms with Gasteiger partial charge in [0.2, 0.25) is 0 Å². The molecule has 0 fully saturated rings. The summed E-state index contributed by atoms with van der Waals surface area (Å²) in [5.74, 6) is 0.301. The molecule has 0 bridgehead atoms. The highest BCUT2D eigenvalue weighted by Crippen LogP contribution is 2.40. The predicted octanol–water partition coefficient (Wildman–Crippen LogP) is 4.72. The molecule has 1 aromatic rings. The van der Waals surface area contributed by atoms with E-state index < -0.39 is 5.41 Å². The zero-order chi connectivity index (χ0) is 14.8. The van der Waals surface area contributed by atoms with E-state index in [1.54, 1.807) is 0 Å². The molecule has 1 heteroatoms. The average Bonchev–Trinajstić information content (AvgIpc) is 2.46. The maximum absolute atomic E-state index is 12.7. The number of carbonyl (C=O) groups is 1. The number of Topliss-reactive ketones (excluding diaryl/α,β-unsaturated/α-hetero) is 1. The van der Waals surface area contributed by atoms with Gasteiger partial charge >= 0.3 is 0 Å². The van der Waals surface area contributed by atoms with Gasteiger partial charge in [0.05, 0.1) is 5.41 Å². The van der Waals surface area contributed by atoms with Crippen molar-refractivity contribution in [3.63, 3.8) is 0 Å². The van der Waals surface area contributed by atoms with Crippen molar-refractivity contribution in [1.29, 1.82) is 0 Å². The van der Waals surface area contributed by atoms with Gasteiger partial charge in [-0.15, -0.1) is 0 Å². The summed E-state index contributed by atoms with van der Waals surface area (Å²) < 4.78 is 0. The van der Waals surface area contributed by atoms with E-state index >= 15 is 0 Å². The zero-order valence-corrected chi connectivity index (χ0v) is 12.9. The van der Waals surface area contributed by atoms with Crippen LogP contribution >= 0.6 is 0 Å². The lowest BCUT2D eigenvalue weighted by atomic mass is 9.67. The van der Waals surface area contributed by atoms with Crippen LogP contribution in [0.25, 0.3) is 0 Å². The van der Waals surface area contributed by atoms with Gasteiger partial charge in [-0.1, -0.05) is 76.3 Å². The topological polar surface area (TPSA) is 17.1 Å². The fraction of sp³-hybridized carbons (Fsp3) is 0.421. The largest absolute Gasteiger partial charge is 0.298 e. The molecule has 20 heavy (non-hydrogen) atoms. The van der Waals surface area contributed by atoms with E-state index in [-0.39, 0.29) is 5.41 Å². The van der Waals surface area contributed by atoms with Crippen LogP contribution in [0.3, 0.4) is 0 Å². The third kappa shape index (κ3) is 2.49. The number of allylic oxidation sites excluding steroid dienone is 4. The van der Waals surface area contributed by atoms with Crippen LogP contribution in [0.2, 0.25) is 0 Å². The highest BCUT2D eigenvalue weighted by Gasteiger charge is 2.39. The molecule has 0 saturated carbocycles. The molecule has 1 aliphatic rings. The van der Waals surface area contributed by atoms with Gasteiger partial charge in [-0.2, -0.15) is 0 Å². The first-order valence-electron chi connectivity index (χ1n) is 7.39. The summed E-state index contributed by atoms with van der Waals surface area (Å²) in [6.07, 6.45) is 9.56. The smallest absolute Gasteiger partial charge is 0.147 e. The fourth-order valence-electron chi connectivity index (χ4n) is 3.02. The van der Waals surface area contributed by atoms with Crippen molar-refractivity contribution in [3.05, 3.63) is 59.7 Å². The van der Waals surface area contributed by atoms with E-state index in [0.29, 0.717) is 12.2 Å². The minimum Gasteiger partial charge on any atom is -0.298 e. The molecule has 0 N–H and O–H groups in total. The molecule has 1 aliphatic carbocycles. The number of rotatable bonds is 3. The zero-order valence-electron chi connectivity index (χ0n) is 12.9. The SMILES string of the molecule is CCC(=O)C1(c2ccccc2C(C)(C)C)C=CC=CC1. The van der Waals surface area contributed by atoms with Crippen molar-refractivity contribution in [3.8, 4) is 0 Å². The Labute approximate surface area is 122 Å². The summed E-state index contributed by atoms with van der Waals surface area (Å²) in [5, 5.41) is 0. The summed E-state index contributed by atoms with van der Waals surface area (Å²) in [7, 11) is 0. The Morgan fingerprint density at radius 1 is 1.20 bits per heavy atom. The lowest BCUT2D eigenvalue weighted by Crippen LogP contribution is -2.36. The Balaban J connectivity index is 2.65. The van der Waals surface area contributed by atoms with Gasteiger partial charge in [0.1, 0.15) is 5.78 Å². The second kappa shape index (κ2) is 5.40. The second-order valence-corrected chi connectivity index (χ2v) is 6.54. The predicted molar refractivity (Wildman–Crippen MR) is 85.0 cm³/mol. The van der Waals surface area contributed by atoms with Crippen LogP contribution in [0.5, 0.6) is 0 Å². The maximum atomic E-state index is 12.7. The van der Waals surface area contributed by atoms with Gasteiger partial charge in [0.15, 0.2) is 0 Å². The fourth-order valence-corrected chi connectivity index (χ4v) is 3.02. The molecule has 2 rings (SSSR count). The molecule has 1 atom stereocenters. The van der Waals surface area contributed by atoms with Gasteiger partial charge in [0, 0.05) is 6.42 Å². The summed E-state index contributed by atoms with van der Waals surface area (Å²) in [5.41, 5.74) is 1.99. The van der Waals surface area contributed by atoms with Crippen LogP contribution in [0, 0.1) is 0 Å². The molecule has 0 radical (unpaired) electrons. The van der Waals surface area contributed by atoms with Crippen molar-refractivity contribution >= 4 is 5.78 Å². The Hall–Kier alpha value is -1.63. The first kappa shape index (κ1) is 14.8. The number of hydrogen-bond donors (Lipinski definition) is 0. The molecular formula is C19H24O. The Kier molecular flexibility index (Phi) is 3.99. The minimum atomic E-state index is -0.479. The average molecular weight is 268 g/mol. The summed E-state index contributed by atoms with van der Waals surface area (Å²) in [6, 6.07) is 8.39. The molecule has 0 spiro atoms. The van der Waals surface area contributed by atoms with Gasteiger partial charge < -0.3 is 0 Å². The van der Waals surface area contributed by atoms with E-state index in [0.717, 1.165) is 6.42 Å². The van der Waals surface area contributed by atoms with Crippen LogP contribution in [-0.2, 0) is 15.6 Å². The van der Waals surface area contributed by atoms with Crippen molar-refractivity contribution in [2.75, 3.05) is 0 Å². The van der Waals surface area contributed by atoms with Crippen LogP contribution in [0.1, 0.15) is 51.7 Å². The molecule has 0 amide bonds. The molecule has 0 aliphatic heterocycles. The normalized spacial score (nSPS) is 22.0. The molecule has 1 nitrogen and oxygen atoms in total. The van der Waals surface area contributed by atoms with E-state index in [1.807, 2.05) is 25.1 Å². The van der Waals surface area contributed by atoms with Crippen molar-refractivity contribution < 1.29 is 4.79 Å². The molecule has 0 aromatic heterocycles. The van der Waals surface area contributed by atoms with Crippen LogP contribution < -0.4 is 0 Å². The van der Waals surface area contributed by atoms with Crippen LogP contribution in [0.15, 0.2) is 48.6 Å². The van der Waals surface area contributed by atoms with Gasteiger partial charge in [0.25, 0.3) is 0 Å². The third-order valence-electron chi connectivity index (χ3n) is 4.10. The monoisotopic (exact) mass is 268 g/mol. The number of hydrogen-bond acceptors (Lipinski definition) is 1. The van der Waals surface area contributed by atoms with E-state index in [9.17, 15) is 4.79 Å². The first-order valence-corrected chi connectivity index (χ1v) is 7.39. The first-order chi connectivity index (χ1) is 9.42. The molecule has 1 aromatic carbocycles. The third-order valence-corrected chi connectivity index (χ3v) is 4.10. The number of carbonyl (C=O) groups excluding carboxylic acids is 1. The number of ketones is 1. The molecule has 0 saturated heterocycles. The molecule has 1 unspecified atom stereocenters. The van der Waals surface area contributed by atoms with Crippen LogP contribution in [0.4, 0.5) is 0 Å². The summed E-state index contributed by atoms with van der Waals surface area (Å²) >= 11 is 0. The maximum Gasteiger partial charge on any atom is 0.147 e. The summed E-state index contributed by atoms with van der Waals surface area (Å²) in [4.78, 5) is 12.7. The second-order valence-electron chi connectivity index (χ2n) is 6.54. The highest BCUT2D eigenvalue weighted by atomic mass is 16.1. The Bertz CT molecular complexity index is 557. The Morgan fingerprint density at radius 2 is 1.90 bits per heavy atom. The van der Waals surface area contributed by atoms with Gasteiger partial charge in [-0.25, -0.2) is 0 Å². The van der Waals surface area contributed by atoms with Crippen LogP contribution in [-0.4, -0.2) is 5.78 Å². The Morgan fingerprint density at radius 3 is 2.45 bits per heavy atom. The van der Waals surface area contributed by atoms with Crippen molar-refractivity contribution in [2.45, 2.75) is 51.4 Å². The van der Waals surface area contributed by atoms with Crippen molar-refractivity contribution in [2.24, 2.45) is 0 Å². The van der Waals surface area contributed by atoms with Gasteiger partial charge in [-0.3, -0.25) is 4.79 Å². The molecular weight excluding hydrogens is 244 g/mol. The lowest BCUT2D eigenvalue weighted by Gasteiger charge is -2.35. The van der Waals surface area contributed by atoms with Gasteiger partial charge in [-0.05, 0) is 23.0 Å². The molecule has 0 heterocycles. The van der Waals surface area contributed by atoms with Crippen molar-refractivity contribution in [1.82, 2.24) is 0 Å². The highest BCUT2D eigenvalue weighted by molar-refractivity contribution is 5.93. The summed E-state index contributed by atoms with van der Waals surface area (Å²) in [6.45, 7) is 8.57. The quantitative estimate of drug-likeness (QED) is 0.775. The molecule has 106 valence electrons. The van der Waals surface area contributed by atoms with E-state index in [4.69, 9.17) is 0 Å². The minimum absolute atomic E-state index is 0.0343. The van der Waals surface area contributed by atoms with E-state index in [1.165, 1.54) is 11.1 Å². The standard InChI is InChI=1S/C19H24O/c1-5-17(20)19(13-9-6-10-14-19)16-12-8-7-11-15(16)18(2,3)4/h6-13H,5,14H2,1-4H3. The lowest BCUT2D eigenvalue weighted by molar-refractivity contribution is -0.122.